The lowest BCUT2D eigenvalue weighted by molar-refractivity contribution is 0.415. The number of hydrogen-bond acceptors (Lipinski definition) is 5. The van der Waals surface area contributed by atoms with Gasteiger partial charge in [-0.2, -0.15) is 5.26 Å². The van der Waals surface area contributed by atoms with E-state index in [-0.39, 0.29) is 0 Å². The average molecular weight is 351 g/mol. The van der Waals surface area contributed by atoms with Crippen LogP contribution in [0.1, 0.15) is 5.69 Å². The molecule has 6 heteroatoms. The van der Waals surface area contributed by atoms with Crippen LogP contribution < -0.4 is 4.74 Å². The van der Waals surface area contributed by atoms with E-state index in [2.05, 4.69) is 27.3 Å². The lowest BCUT2D eigenvalue weighted by Gasteiger charge is -2.04. The van der Waals surface area contributed by atoms with Gasteiger partial charge in [-0.1, -0.05) is 6.07 Å². The van der Waals surface area contributed by atoms with E-state index < -0.39 is 0 Å². The highest BCUT2D eigenvalue weighted by Gasteiger charge is 2.19. The minimum absolute atomic E-state index is 0.317. The number of fused-ring (bicyclic) bond motifs is 1. The van der Waals surface area contributed by atoms with Gasteiger partial charge < -0.3 is 4.74 Å². The number of hydrogen-bond donors (Lipinski definition) is 0. The van der Waals surface area contributed by atoms with Crippen LogP contribution in [0.3, 0.4) is 0 Å². The third kappa shape index (κ3) is 2.39. The number of nitrogens with zero attached hydrogens (tertiary/aromatic N) is 3. The lowest BCUT2D eigenvalue weighted by atomic mass is 10.1. The molecule has 0 radical (unpaired) electrons. The monoisotopic (exact) mass is 351 g/mol. The van der Waals surface area contributed by atoms with E-state index in [1.807, 2.05) is 30.3 Å². The Bertz CT molecular complexity index is 1020. The molecule has 0 aliphatic carbocycles. The quantitative estimate of drug-likeness (QED) is 0.527. The van der Waals surface area contributed by atoms with E-state index in [1.54, 1.807) is 29.8 Å². The number of imidazole rings is 1. The standard InChI is InChI=1S/C18H13N3OS2/c1-22-13-6-4-12(5-7-13)17-14(8-9-19)21-15(11-24-18(21)20-17)16-3-2-10-23-16/h2-7,10-11H,8H2,1H3. The van der Waals surface area contributed by atoms with Gasteiger partial charge in [-0.05, 0) is 35.7 Å². The predicted molar refractivity (Wildman–Crippen MR) is 97.7 cm³/mol. The van der Waals surface area contributed by atoms with Crippen LogP contribution in [0.2, 0.25) is 0 Å². The smallest absolute Gasteiger partial charge is 0.195 e. The fourth-order valence-electron chi connectivity index (χ4n) is 2.73. The van der Waals surface area contributed by atoms with Gasteiger partial charge >= 0.3 is 0 Å². The molecule has 0 atom stereocenters. The summed E-state index contributed by atoms with van der Waals surface area (Å²) in [6, 6.07) is 14.2. The van der Waals surface area contributed by atoms with Crippen molar-refractivity contribution in [1.82, 2.24) is 9.38 Å². The van der Waals surface area contributed by atoms with Crippen molar-refractivity contribution in [2.75, 3.05) is 7.11 Å². The number of rotatable bonds is 4. The number of thiazole rings is 1. The average Bonchev–Trinajstić information content (AvgIpc) is 3.32. The Morgan fingerprint density at radius 1 is 1.21 bits per heavy atom. The molecule has 3 aromatic heterocycles. The molecule has 3 heterocycles. The van der Waals surface area contributed by atoms with Gasteiger partial charge in [0.15, 0.2) is 4.96 Å². The van der Waals surface area contributed by atoms with Crippen molar-refractivity contribution in [3.8, 4) is 33.6 Å². The molecule has 0 bridgehead atoms. The number of aromatic nitrogens is 2. The summed E-state index contributed by atoms with van der Waals surface area (Å²) in [6.45, 7) is 0. The van der Waals surface area contributed by atoms with E-state index in [1.165, 1.54) is 4.88 Å². The van der Waals surface area contributed by atoms with E-state index in [0.717, 1.165) is 33.4 Å². The Hall–Kier alpha value is -2.62. The fraction of sp³-hybridized carbons (Fsp3) is 0.111. The summed E-state index contributed by atoms with van der Waals surface area (Å²) < 4.78 is 7.33. The normalized spacial score (nSPS) is 10.8. The van der Waals surface area contributed by atoms with Gasteiger partial charge in [0, 0.05) is 10.9 Å². The summed E-state index contributed by atoms with van der Waals surface area (Å²) in [4.78, 5) is 6.87. The van der Waals surface area contributed by atoms with Crippen molar-refractivity contribution < 1.29 is 4.74 Å². The summed E-state index contributed by atoms with van der Waals surface area (Å²) in [5.74, 6) is 0.806. The van der Waals surface area contributed by atoms with Crippen LogP contribution in [0.5, 0.6) is 5.75 Å². The molecule has 0 fully saturated rings. The van der Waals surface area contributed by atoms with Gasteiger partial charge in [0.05, 0.1) is 41.6 Å². The zero-order valence-corrected chi connectivity index (χ0v) is 14.5. The van der Waals surface area contributed by atoms with E-state index in [9.17, 15) is 5.26 Å². The van der Waals surface area contributed by atoms with E-state index >= 15 is 0 Å². The molecular weight excluding hydrogens is 338 g/mol. The van der Waals surface area contributed by atoms with Crippen LogP contribution in [0.4, 0.5) is 0 Å². The highest BCUT2D eigenvalue weighted by Crippen LogP contribution is 2.35. The largest absolute Gasteiger partial charge is 0.497 e. The minimum atomic E-state index is 0.317. The van der Waals surface area contributed by atoms with Crippen molar-refractivity contribution in [2.24, 2.45) is 0 Å². The first-order valence-electron chi connectivity index (χ1n) is 7.36. The Morgan fingerprint density at radius 3 is 2.71 bits per heavy atom. The van der Waals surface area contributed by atoms with E-state index in [4.69, 9.17) is 9.72 Å². The second-order valence-corrected chi connectivity index (χ2v) is 6.97. The van der Waals surface area contributed by atoms with Crippen LogP contribution in [-0.4, -0.2) is 16.5 Å². The minimum Gasteiger partial charge on any atom is -0.497 e. The maximum atomic E-state index is 9.30. The van der Waals surface area contributed by atoms with Gasteiger partial charge in [0.1, 0.15) is 5.75 Å². The third-order valence-corrected chi connectivity index (χ3v) is 5.56. The molecule has 0 spiro atoms. The lowest BCUT2D eigenvalue weighted by Crippen LogP contribution is -1.94. The fourth-order valence-corrected chi connectivity index (χ4v) is 4.44. The SMILES string of the molecule is COc1ccc(-c2nc3scc(-c4cccs4)n3c2CC#N)cc1. The summed E-state index contributed by atoms with van der Waals surface area (Å²) in [7, 11) is 1.65. The number of ether oxygens (including phenoxy) is 1. The first-order chi connectivity index (χ1) is 11.8. The van der Waals surface area contributed by atoms with Crippen LogP contribution in [0, 0.1) is 11.3 Å². The molecule has 0 N–H and O–H groups in total. The van der Waals surface area contributed by atoms with Gasteiger partial charge in [-0.3, -0.25) is 4.40 Å². The van der Waals surface area contributed by atoms with Crippen LogP contribution in [0.15, 0.2) is 47.2 Å². The van der Waals surface area contributed by atoms with Gasteiger partial charge in [0.2, 0.25) is 0 Å². The molecular formula is C18H13N3OS2. The molecule has 4 nitrogen and oxygen atoms in total. The van der Waals surface area contributed by atoms with Crippen molar-refractivity contribution in [2.45, 2.75) is 6.42 Å². The van der Waals surface area contributed by atoms with Gasteiger partial charge in [-0.25, -0.2) is 4.98 Å². The molecule has 0 saturated carbocycles. The molecule has 24 heavy (non-hydrogen) atoms. The molecule has 0 amide bonds. The third-order valence-electron chi connectivity index (χ3n) is 3.84. The first-order valence-corrected chi connectivity index (χ1v) is 9.12. The Morgan fingerprint density at radius 2 is 2.04 bits per heavy atom. The number of nitriles is 1. The zero-order chi connectivity index (χ0) is 16.5. The maximum Gasteiger partial charge on any atom is 0.195 e. The molecule has 0 unspecified atom stereocenters. The zero-order valence-electron chi connectivity index (χ0n) is 12.9. The molecule has 0 aliphatic heterocycles. The van der Waals surface area contributed by atoms with Crippen molar-refractivity contribution in [3.05, 3.63) is 52.9 Å². The number of methoxy groups -OCH3 is 1. The predicted octanol–water partition coefficient (Wildman–Crippen LogP) is 4.87. The molecule has 0 saturated heterocycles. The van der Waals surface area contributed by atoms with Crippen LogP contribution in [0.25, 0.3) is 26.8 Å². The Balaban J connectivity index is 1.92. The number of thiophene rings is 1. The molecule has 4 aromatic rings. The Labute approximate surface area is 147 Å². The Kier molecular flexibility index (Phi) is 3.81. The summed E-state index contributed by atoms with van der Waals surface area (Å²) >= 11 is 3.29. The van der Waals surface area contributed by atoms with Crippen molar-refractivity contribution in [1.29, 1.82) is 5.26 Å². The molecule has 4 rings (SSSR count). The van der Waals surface area contributed by atoms with Gasteiger partial charge in [-0.15, -0.1) is 22.7 Å². The van der Waals surface area contributed by atoms with Crippen molar-refractivity contribution in [3.63, 3.8) is 0 Å². The highest BCUT2D eigenvalue weighted by atomic mass is 32.1. The second kappa shape index (κ2) is 6.11. The molecule has 0 aliphatic rings. The topological polar surface area (TPSA) is 50.3 Å². The van der Waals surface area contributed by atoms with Gasteiger partial charge in [0.25, 0.3) is 0 Å². The number of benzene rings is 1. The second-order valence-electron chi connectivity index (χ2n) is 5.19. The first kappa shape index (κ1) is 14.9. The van der Waals surface area contributed by atoms with Crippen LogP contribution >= 0.6 is 22.7 Å². The summed E-state index contributed by atoms with van der Waals surface area (Å²) in [5.41, 5.74) is 3.89. The molecule has 118 valence electrons. The van der Waals surface area contributed by atoms with Crippen LogP contribution in [-0.2, 0) is 6.42 Å². The summed E-state index contributed by atoms with van der Waals surface area (Å²) in [6.07, 6.45) is 0.317. The molecule has 1 aromatic carbocycles. The maximum absolute atomic E-state index is 9.30. The van der Waals surface area contributed by atoms with Crippen molar-refractivity contribution >= 4 is 27.6 Å². The van der Waals surface area contributed by atoms with E-state index in [0.29, 0.717) is 6.42 Å². The summed E-state index contributed by atoms with van der Waals surface area (Å²) in [5, 5.41) is 13.5. The highest BCUT2D eigenvalue weighted by molar-refractivity contribution is 7.17.